The molecule has 0 spiro atoms. The van der Waals surface area contributed by atoms with Crippen molar-refractivity contribution >= 4 is 5.71 Å². The molecule has 0 radical (unpaired) electrons. The largest absolute Gasteiger partial charge is 0.291 e. The summed E-state index contributed by atoms with van der Waals surface area (Å²) in [7, 11) is 1.71. The first-order valence-electron chi connectivity index (χ1n) is 4.17. The lowest BCUT2D eigenvalue weighted by Gasteiger charge is -2.01. The fourth-order valence-corrected chi connectivity index (χ4v) is 1.13. The second kappa shape index (κ2) is 4.42. The molecule has 0 amide bonds. The molecule has 13 heavy (non-hydrogen) atoms. The van der Waals surface area contributed by atoms with Crippen molar-refractivity contribution < 1.29 is 0 Å². The van der Waals surface area contributed by atoms with Gasteiger partial charge >= 0.3 is 0 Å². The Hall–Kier alpha value is -1.62. The highest BCUT2D eigenvalue weighted by atomic mass is 14.7. The molecule has 0 saturated heterocycles. The summed E-state index contributed by atoms with van der Waals surface area (Å²) in [5, 5.41) is 8.55. The third-order valence-electron chi connectivity index (χ3n) is 1.90. The molecule has 66 valence electrons. The summed E-state index contributed by atoms with van der Waals surface area (Å²) in [5.41, 5.74) is 3.10. The van der Waals surface area contributed by atoms with Crippen molar-refractivity contribution in [1.29, 1.82) is 5.26 Å². The molecule has 0 saturated carbocycles. The molecule has 0 unspecified atom stereocenters. The number of hydrogen-bond donors (Lipinski definition) is 0. The van der Waals surface area contributed by atoms with Gasteiger partial charge in [0.25, 0.3) is 0 Å². The van der Waals surface area contributed by atoms with Crippen LogP contribution in [0.15, 0.2) is 29.3 Å². The van der Waals surface area contributed by atoms with Crippen LogP contribution in [0.2, 0.25) is 0 Å². The van der Waals surface area contributed by atoms with Gasteiger partial charge in [0.15, 0.2) is 0 Å². The molecule has 0 N–H and O–H groups in total. The zero-order chi connectivity index (χ0) is 9.68. The summed E-state index contributed by atoms with van der Waals surface area (Å²) in [6.07, 6.45) is 0.375. The third kappa shape index (κ3) is 2.41. The van der Waals surface area contributed by atoms with E-state index in [0.29, 0.717) is 6.42 Å². The van der Waals surface area contributed by atoms with E-state index in [0.717, 1.165) is 11.3 Å². The van der Waals surface area contributed by atoms with Crippen molar-refractivity contribution in [3.05, 3.63) is 35.4 Å². The van der Waals surface area contributed by atoms with E-state index < -0.39 is 0 Å². The average Bonchev–Trinajstić information content (AvgIpc) is 2.16. The smallest absolute Gasteiger partial charge is 0.0776 e. The zero-order valence-corrected chi connectivity index (χ0v) is 7.91. The van der Waals surface area contributed by atoms with Crippen LogP contribution in [0.4, 0.5) is 0 Å². The van der Waals surface area contributed by atoms with Crippen molar-refractivity contribution in [3.63, 3.8) is 0 Å². The Morgan fingerprint density at radius 3 is 2.46 bits per heavy atom. The van der Waals surface area contributed by atoms with E-state index in [4.69, 9.17) is 5.26 Å². The van der Waals surface area contributed by atoms with Crippen LogP contribution in [-0.2, 0) is 0 Å². The number of nitriles is 1. The first kappa shape index (κ1) is 9.47. The standard InChI is InChI=1S/C11H12N2/c1-9-3-5-10(6-4-9)11(13-2)7-8-12/h3-6H,7H2,1-2H3. The van der Waals surface area contributed by atoms with Gasteiger partial charge in [0, 0.05) is 7.05 Å². The summed E-state index contributed by atoms with van der Waals surface area (Å²) < 4.78 is 0. The average molecular weight is 172 g/mol. The number of rotatable bonds is 2. The first-order chi connectivity index (χ1) is 6.27. The van der Waals surface area contributed by atoms with Gasteiger partial charge in [-0.2, -0.15) is 5.26 Å². The van der Waals surface area contributed by atoms with Crippen LogP contribution in [0, 0.1) is 18.3 Å². The fraction of sp³-hybridized carbons (Fsp3) is 0.273. The van der Waals surface area contributed by atoms with E-state index >= 15 is 0 Å². The van der Waals surface area contributed by atoms with Gasteiger partial charge in [-0.15, -0.1) is 0 Å². The summed E-state index contributed by atoms with van der Waals surface area (Å²) in [6.45, 7) is 2.04. The van der Waals surface area contributed by atoms with Gasteiger partial charge in [-0.05, 0) is 12.5 Å². The van der Waals surface area contributed by atoms with Crippen molar-refractivity contribution in [3.8, 4) is 6.07 Å². The van der Waals surface area contributed by atoms with Crippen molar-refractivity contribution in [2.24, 2.45) is 4.99 Å². The molecule has 0 aliphatic rings. The third-order valence-corrected chi connectivity index (χ3v) is 1.90. The normalized spacial score (nSPS) is 11.0. The van der Waals surface area contributed by atoms with E-state index in [2.05, 4.69) is 11.1 Å². The highest BCUT2D eigenvalue weighted by Gasteiger charge is 2.00. The molecular weight excluding hydrogens is 160 g/mol. The topological polar surface area (TPSA) is 36.1 Å². The molecule has 0 bridgehead atoms. The van der Waals surface area contributed by atoms with Gasteiger partial charge < -0.3 is 0 Å². The monoisotopic (exact) mass is 172 g/mol. The Bertz CT molecular complexity index is 341. The van der Waals surface area contributed by atoms with E-state index in [1.54, 1.807) is 7.05 Å². The van der Waals surface area contributed by atoms with Gasteiger partial charge in [0.2, 0.25) is 0 Å². The molecule has 2 heteroatoms. The summed E-state index contributed by atoms with van der Waals surface area (Å²) in [6, 6.07) is 10.1. The van der Waals surface area contributed by atoms with Crippen LogP contribution in [0.1, 0.15) is 17.5 Å². The Balaban J connectivity index is 2.95. The second-order valence-electron chi connectivity index (χ2n) is 2.87. The molecule has 0 heterocycles. The number of aliphatic imine (C=N–C) groups is 1. The first-order valence-corrected chi connectivity index (χ1v) is 4.17. The van der Waals surface area contributed by atoms with Gasteiger partial charge in [-0.3, -0.25) is 4.99 Å². The Kier molecular flexibility index (Phi) is 3.22. The maximum absolute atomic E-state index is 8.55. The quantitative estimate of drug-likeness (QED) is 0.630. The van der Waals surface area contributed by atoms with Gasteiger partial charge in [0.05, 0.1) is 18.2 Å². The van der Waals surface area contributed by atoms with Crippen LogP contribution < -0.4 is 0 Å². The highest BCUT2D eigenvalue weighted by Crippen LogP contribution is 2.06. The number of nitrogens with zero attached hydrogens (tertiary/aromatic N) is 2. The van der Waals surface area contributed by atoms with E-state index in [1.165, 1.54) is 5.56 Å². The number of aryl methyl sites for hydroxylation is 1. The predicted molar refractivity (Wildman–Crippen MR) is 53.9 cm³/mol. The molecule has 1 aromatic rings. The molecule has 0 aliphatic carbocycles. The molecule has 0 aliphatic heterocycles. The lowest BCUT2D eigenvalue weighted by Crippen LogP contribution is -1.98. The van der Waals surface area contributed by atoms with Crippen LogP contribution in [0.3, 0.4) is 0 Å². The van der Waals surface area contributed by atoms with Gasteiger partial charge in [-0.1, -0.05) is 29.8 Å². The van der Waals surface area contributed by atoms with E-state index in [-0.39, 0.29) is 0 Å². The minimum absolute atomic E-state index is 0.375. The molecular formula is C11H12N2. The van der Waals surface area contributed by atoms with Crippen LogP contribution in [0.25, 0.3) is 0 Å². The molecule has 0 atom stereocenters. The number of hydrogen-bond acceptors (Lipinski definition) is 2. The molecule has 2 nitrogen and oxygen atoms in total. The lowest BCUT2D eigenvalue weighted by atomic mass is 10.1. The molecule has 0 fully saturated rings. The van der Waals surface area contributed by atoms with Gasteiger partial charge in [0.1, 0.15) is 0 Å². The SMILES string of the molecule is CN=C(CC#N)c1ccc(C)cc1. The lowest BCUT2D eigenvalue weighted by molar-refractivity contribution is 1.32. The minimum Gasteiger partial charge on any atom is -0.291 e. The Morgan fingerprint density at radius 2 is 2.00 bits per heavy atom. The fourth-order valence-electron chi connectivity index (χ4n) is 1.13. The van der Waals surface area contributed by atoms with Gasteiger partial charge in [-0.25, -0.2) is 0 Å². The van der Waals surface area contributed by atoms with Crippen LogP contribution in [0.5, 0.6) is 0 Å². The summed E-state index contributed by atoms with van der Waals surface area (Å²) >= 11 is 0. The predicted octanol–water partition coefficient (Wildman–Crippen LogP) is 2.33. The van der Waals surface area contributed by atoms with Crippen molar-refractivity contribution in [2.75, 3.05) is 7.05 Å². The maximum Gasteiger partial charge on any atom is 0.0776 e. The minimum atomic E-state index is 0.375. The van der Waals surface area contributed by atoms with E-state index in [9.17, 15) is 0 Å². The maximum atomic E-state index is 8.55. The second-order valence-corrected chi connectivity index (χ2v) is 2.87. The molecule has 1 rings (SSSR count). The summed E-state index contributed by atoms with van der Waals surface area (Å²) in [5.74, 6) is 0. The molecule has 0 aromatic heterocycles. The van der Waals surface area contributed by atoms with Crippen molar-refractivity contribution in [1.82, 2.24) is 0 Å². The Labute approximate surface area is 78.5 Å². The highest BCUT2D eigenvalue weighted by molar-refractivity contribution is 6.01. The Morgan fingerprint density at radius 1 is 1.38 bits per heavy atom. The van der Waals surface area contributed by atoms with E-state index in [1.807, 2.05) is 31.2 Å². The van der Waals surface area contributed by atoms with Crippen LogP contribution >= 0.6 is 0 Å². The zero-order valence-electron chi connectivity index (χ0n) is 7.91. The summed E-state index contributed by atoms with van der Waals surface area (Å²) in [4.78, 5) is 4.07. The molecule has 1 aromatic carbocycles. The van der Waals surface area contributed by atoms with Crippen molar-refractivity contribution in [2.45, 2.75) is 13.3 Å². The van der Waals surface area contributed by atoms with Crippen LogP contribution in [-0.4, -0.2) is 12.8 Å². The number of benzene rings is 1.